The molecule has 0 bridgehead atoms. The highest BCUT2D eigenvalue weighted by Crippen LogP contribution is 2.30. The fourth-order valence-corrected chi connectivity index (χ4v) is 2.68. The lowest BCUT2D eigenvalue weighted by Gasteiger charge is -2.01. The fraction of sp³-hybridized carbons (Fsp3) is 0. The summed E-state index contributed by atoms with van der Waals surface area (Å²) >= 11 is 1.25. The molecule has 0 atom stereocenters. The van der Waals surface area contributed by atoms with Crippen molar-refractivity contribution in [3.63, 3.8) is 0 Å². The molecular weight excluding hydrogens is 261 g/mol. The molecule has 1 N–H and O–H groups in total. The number of imidazole rings is 1. The van der Waals surface area contributed by atoms with E-state index >= 15 is 0 Å². The maximum atomic E-state index is 13.5. The summed E-state index contributed by atoms with van der Waals surface area (Å²) in [5.41, 5.74) is 1.81. The van der Waals surface area contributed by atoms with Crippen LogP contribution >= 0.6 is 11.8 Å². The van der Waals surface area contributed by atoms with Crippen molar-refractivity contribution < 1.29 is 4.39 Å². The van der Waals surface area contributed by atoms with Crippen molar-refractivity contribution in [2.24, 2.45) is 0 Å². The van der Waals surface area contributed by atoms with Crippen LogP contribution in [0.2, 0.25) is 0 Å². The molecule has 0 aliphatic rings. The average Bonchev–Trinajstić information content (AvgIpc) is 2.81. The van der Waals surface area contributed by atoms with Crippen LogP contribution < -0.4 is 0 Å². The van der Waals surface area contributed by atoms with Crippen LogP contribution in [-0.4, -0.2) is 9.97 Å². The molecule has 2 aromatic carbocycles. The molecule has 0 saturated carbocycles. The number of nitrogens with one attached hydrogen (secondary N) is 1. The van der Waals surface area contributed by atoms with E-state index in [1.807, 2.05) is 30.3 Å². The van der Waals surface area contributed by atoms with Crippen LogP contribution in [-0.2, 0) is 0 Å². The third-order valence-corrected chi connectivity index (χ3v) is 3.61. The van der Waals surface area contributed by atoms with Gasteiger partial charge in [-0.3, -0.25) is 0 Å². The molecule has 3 rings (SSSR count). The standard InChI is InChI=1S/C14H8FN3S/c15-10-4-3-7-13(9(10)8-16)19-14-17-11-5-1-2-6-12(11)18-14/h1-7H,(H,17,18). The number of fused-ring (bicyclic) bond motifs is 1. The molecule has 1 aromatic heterocycles. The fourth-order valence-electron chi connectivity index (χ4n) is 1.78. The van der Waals surface area contributed by atoms with Gasteiger partial charge in [0.1, 0.15) is 17.4 Å². The van der Waals surface area contributed by atoms with Gasteiger partial charge in [-0.15, -0.1) is 0 Å². The number of rotatable bonds is 2. The molecule has 0 saturated heterocycles. The molecule has 3 nitrogen and oxygen atoms in total. The molecule has 5 heteroatoms. The smallest absolute Gasteiger partial charge is 0.171 e. The van der Waals surface area contributed by atoms with Crippen LogP contribution in [0.5, 0.6) is 0 Å². The number of aromatic nitrogens is 2. The summed E-state index contributed by atoms with van der Waals surface area (Å²) in [6.45, 7) is 0. The van der Waals surface area contributed by atoms with Crippen LogP contribution in [0.4, 0.5) is 4.39 Å². The van der Waals surface area contributed by atoms with Crippen molar-refractivity contribution in [1.82, 2.24) is 9.97 Å². The van der Waals surface area contributed by atoms with E-state index in [9.17, 15) is 4.39 Å². The molecule has 0 aliphatic carbocycles. The van der Waals surface area contributed by atoms with Gasteiger partial charge in [0.2, 0.25) is 0 Å². The highest BCUT2D eigenvalue weighted by Gasteiger charge is 2.11. The van der Waals surface area contributed by atoms with Crippen molar-refractivity contribution >= 4 is 22.8 Å². The number of hydrogen-bond acceptors (Lipinski definition) is 3. The first-order valence-electron chi connectivity index (χ1n) is 5.59. The van der Waals surface area contributed by atoms with Gasteiger partial charge >= 0.3 is 0 Å². The van der Waals surface area contributed by atoms with Gasteiger partial charge in [-0.2, -0.15) is 5.26 Å². The first kappa shape index (κ1) is 11.8. The summed E-state index contributed by atoms with van der Waals surface area (Å²) in [4.78, 5) is 8.08. The Balaban J connectivity index is 2.02. The van der Waals surface area contributed by atoms with Crippen LogP contribution in [0, 0.1) is 17.1 Å². The molecule has 19 heavy (non-hydrogen) atoms. The van der Waals surface area contributed by atoms with Gasteiger partial charge in [0.05, 0.1) is 11.0 Å². The Hall–Kier alpha value is -2.32. The molecule has 1 heterocycles. The van der Waals surface area contributed by atoms with Crippen molar-refractivity contribution in [3.05, 3.63) is 53.8 Å². The number of para-hydroxylation sites is 2. The number of nitriles is 1. The minimum Gasteiger partial charge on any atom is -0.333 e. The summed E-state index contributed by atoms with van der Waals surface area (Å²) in [5.74, 6) is -0.511. The summed E-state index contributed by atoms with van der Waals surface area (Å²) < 4.78 is 13.5. The number of halogens is 1. The lowest BCUT2D eigenvalue weighted by atomic mass is 10.2. The number of aromatic amines is 1. The van der Waals surface area contributed by atoms with Gasteiger partial charge < -0.3 is 4.98 Å². The minimum absolute atomic E-state index is 0.0490. The lowest BCUT2D eigenvalue weighted by molar-refractivity contribution is 0.620. The monoisotopic (exact) mass is 269 g/mol. The summed E-state index contributed by atoms with van der Waals surface area (Å²) in [6.07, 6.45) is 0. The average molecular weight is 269 g/mol. The van der Waals surface area contributed by atoms with Crippen LogP contribution in [0.1, 0.15) is 5.56 Å². The highest BCUT2D eigenvalue weighted by atomic mass is 32.2. The van der Waals surface area contributed by atoms with E-state index < -0.39 is 5.82 Å². The van der Waals surface area contributed by atoms with Gasteiger partial charge in [-0.1, -0.05) is 30.0 Å². The lowest BCUT2D eigenvalue weighted by Crippen LogP contribution is -1.87. The van der Waals surface area contributed by atoms with Crippen molar-refractivity contribution in [2.45, 2.75) is 10.1 Å². The normalized spacial score (nSPS) is 10.5. The van der Waals surface area contributed by atoms with Gasteiger partial charge in [0.15, 0.2) is 5.16 Å². The number of H-pyrrole nitrogens is 1. The molecule has 0 spiro atoms. The van der Waals surface area contributed by atoms with E-state index in [4.69, 9.17) is 5.26 Å². The summed E-state index contributed by atoms with van der Waals surface area (Å²) in [7, 11) is 0. The SMILES string of the molecule is N#Cc1c(F)cccc1Sc1nc2ccccc2[nH]1. The topological polar surface area (TPSA) is 52.5 Å². The van der Waals surface area contributed by atoms with Crippen molar-refractivity contribution in [1.29, 1.82) is 5.26 Å². The first-order chi connectivity index (χ1) is 9.28. The van der Waals surface area contributed by atoms with E-state index in [0.29, 0.717) is 10.1 Å². The van der Waals surface area contributed by atoms with E-state index in [2.05, 4.69) is 9.97 Å². The Bertz CT molecular complexity index is 756. The number of benzene rings is 2. The van der Waals surface area contributed by atoms with Gasteiger partial charge in [0.25, 0.3) is 0 Å². The summed E-state index contributed by atoms with van der Waals surface area (Å²) in [5, 5.41) is 9.63. The zero-order valence-corrected chi connectivity index (χ0v) is 10.5. The zero-order chi connectivity index (χ0) is 13.2. The third-order valence-electron chi connectivity index (χ3n) is 2.66. The molecular formula is C14H8FN3S. The Morgan fingerprint density at radius 3 is 2.79 bits per heavy atom. The Labute approximate surface area is 113 Å². The van der Waals surface area contributed by atoms with Gasteiger partial charge in [-0.25, -0.2) is 9.37 Å². The second kappa shape index (κ2) is 4.75. The predicted octanol–water partition coefficient (Wildman–Crippen LogP) is 3.72. The van der Waals surface area contributed by atoms with E-state index in [1.165, 1.54) is 17.8 Å². The van der Waals surface area contributed by atoms with Gasteiger partial charge in [0, 0.05) is 4.90 Å². The van der Waals surface area contributed by atoms with Crippen molar-refractivity contribution in [3.8, 4) is 6.07 Å². The second-order valence-electron chi connectivity index (χ2n) is 3.89. The molecule has 0 amide bonds. The van der Waals surface area contributed by atoms with Crippen LogP contribution in [0.25, 0.3) is 11.0 Å². The second-order valence-corrected chi connectivity index (χ2v) is 4.92. The molecule has 0 fully saturated rings. The molecule has 92 valence electrons. The van der Waals surface area contributed by atoms with Crippen molar-refractivity contribution in [2.75, 3.05) is 0 Å². The van der Waals surface area contributed by atoms with Crippen LogP contribution in [0.3, 0.4) is 0 Å². The molecule has 0 radical (unpaired) electrons. The molecule has 0 unspecified atom stereocenters. The van der Waals surface area contributed by atoms with E-state index in [-0.39, 0.29) is 5.56 Å². The largest absolute Gasteiger partial charge is 0.333 e. The zero-order valence-electron chi connectivity index (χ0n) is 9.72. The Morgan fingerprint density at radius 1 is 1.16 bits per heavy atom. The third kappa shape index (κ3) is 2.18. The minimum atomic E-state index is -0.511. The predicted molar refractivity (Wildman–Crippen MR) is 71.3 cm³/mol. The Morgan fingerprint density at radius 2 is 2.00 bits per heavy atom. The van der Waals surface area contributed by atoms with Crippen LogP contribution in [0.15, 0.2) is 52.5 Å². The quantitative estimate of drug-likeness (QED) is 0.771. The number of hydrogen-bond donors (Lipinski definition) is 1. The molecule has 3 aromatic rings. The maximum absolute atomic E-state index is 13.5. The van der Waals surface area contributed by atoms with E-state index in [1.54, 1.807) is 12.1 Å². The molecule has 0 aliphatic heterocycles. The van der Waals surface area contributed by atoms with E-state index in [0.717, 1.165) is 11.0 Å². The highest BCUT2D eigenvalue weighted by molar-refractivity contribution is 7.99. The first-order valence-corrected chi connectivity index (χ1v) is 6.41. The number of nitrogens with zero attached hydrogens (tertiary/aromatic N) is 2. The summed E-state index contributed by atoms with van der Waals surface area (Å²) in [6, 6.07) is 14.1. The maximum Gasteiger partial charge on any atom is 0.171 e. The van der Waals surface area contributed by atoms with Gasteiger partial charge in [-0.05, 0) is 24.3 Å². The Kier molecular flexibility index (Phi) is 2.94.